The number of nitrogens with one attached hydrogen (secondary N) is 1. The van der Waals surface area contributed by atoms with E-state index in [1.807, 2.05) is 32.0 Å². The molecule has 0 aliphatic carbocycles. The third-order valence-corrected chi connectivity index (χ3v) is 2.30. The third kappa shape index (κ3) is 1.46. The van der Waals surface area contributed by atoms with Gasteiger partial charge in [-0.2, -0.15) is 0 Å². The quantitative estimate of drug-likeness (QED) is 0.765. The van der Waals surface area contributed by atoms with Gasteiger partial charge in [0.25, 0.3) is 0 Å². The molecule has 0 saturated carbocycles. The summed E-state index contributed by atoms with van der Waals surface area (Å²) in [6, 6.07) is 5.75. The summed E-state index contributed by atoms with van der Waals surface area (Å²) in [5.41, 5.74) is 2.81. The molecule has 2 N–H and O–H groups in total. The monoisotopic (exact) mass is 191 g/mol. The predicted molar refractivity (Wildman–Crippen MR) is 53.9 cm³/mol. The third-order valence-electron chi connectivity index (χ3n) is 2.30. The molecule has 2 heterocycles. The van der Waals surface area contributed by atoms with Crippen LogP contribution in [-0.2, 0) is 6.61 Å². The summed E-state index contributed by atoms with van der Waals surface area (Å²) in [5.74, 6) is 1.70. The van der Waals surface area contributed by atoms with Gasteiger partial charge in [0.1, 0.15) is 11.5 Å². The van der Waals surface area contributed by atoms with Crippen LogP contribution in [0, 0.1) is 13.8 Å². The molecule has 0 saturated heterocycles. The molecule has 74 valence electrons. The molecular weight excluding hydrogens is 178 g/mol. The Hall–Kier alpha value is -1.48. The van der Waals surface area contributed by atoms with Crippen molar-refractivity contribution in [1.29, 1.82) is 0 Å². The molecule has 0 bridgehead atoms. The Kier molecular flexibility index (Phi) is 2.17. The minimum atomic E-state index is 0.0576. The molecule has 0 aliphatic rings. The van der Waals surface area contributed by atoms with Gasteiger partial charge in [-0.3, -0.25) is 0 Å². The predicted octanol–water partition coefficient (Wildman–Crippen LogP) is 2.38. The maximum absolute atomic E-state index is 9.03. The van der Waals surface area contributed by atoms with Crippen LogP contribution in [0.3, 0.4) is 0 Å². The summed E-state index contributed by atoms with van der Waals surface area (Å²) in [4.78, 5) is 3.17. The van der Waals surface area contributed by atoms with E-state index in [0.717, 1.165) is 28.5 Å². The average Bonchev–Trinajstić information content (AvgIpc) is 2.71. The molecule has 0 unspecified atom stereocenters. The summed E-state index contributed by atoms with van der Waals surface area (Å²) in [5, 5.41) is 9.03. The number of rotatable bonds is 2. The first-order valence-electron chi connectivity index (χ1n) is 4.57. The molecule has 0 amide bonds. The van der Waals surface area contributed by atoms with Crippen molar-refractivity contribution in [2.24, 2.45) is 0 Å². The maximum Gasteiger partial charge on any atom is 0.150 e. The Labute approximate surface area is 82.4 Å². The lowest BCUT2D eigenvalue weighted by molar-refractivity contribution is 0.281. The zero-order valence-corrected chi connectivity index (χ0v) is 8.29. The van der Waals surface area contributed by atoms with E-state index in [-0.39, 0.29) is 6.61 Å². The second-order valence-electron chi connectivity index (χ2n) is 3.40. The van der Waals surface area contributed by atoms with Gasteiger partial charge in [0.15, 0.2) is 0 Å². The van der Waals surface area contributed by atoms with Crippen LogP contribution in [0.15, 0.2) is 22.6 Å². The summed E-state index contributed by atoms with van der Waals surface area (Å²) in [6.45, 7) is 3.90. The minimum Gasteiger partial charge on any atom is -0.460 e. The van der Waals surface area contributed by atoms with Gasteiger partial charge in [0.05, 0.1) is 12.3 Å². The van der Waals surface area contributed by atoms with E-state index in [4.69, 9.17) is 9.52 Å². The standard InChI is InChI=1S/C11H13NO2/c1-7-3-4-11(14-7)10-5-9(6-13)8(2)12-10/h3-5,12-13H,6H2,1-2H3. The minimum absolute atomic E-state index is 0.0576. The van der Waals surface area contributed by atoms with E-state index in [1.54, 1.807) is 0 Å². The lowest BCUT2D eigenvalue weighted by atomic mass is 10.2. The molecule has 0 spiro atoms. The van der Waals surface area contributed by atoms with Crippen molar-refractivity contribution in [3.8, 4) is 11.5 Å². The molecule has 0 fully saturated rings. The lowest BCUT2D eigenvalue weighted by Crippen LogP contribution is -1.81. The van der Waals surface area contributed by atoms with Gasteiger partial charge in [-0.25, -0.2) is 0 Å². The summed E-state index contributed by atoms with van der Waals surface area (Å²) >= 11 is 0. The van der Waals surface area contributed by atoms with Crippen molar-refractivity contribution >= 4 is 0 Å². The number of aliphatic hydroxyl groups excluding tert-OH is 1. The fraction of sp³-hybridized carbons (Fsp3) is 0.273. The summed E-state index contributed by atoms with van der Waals surface area (Å²) < 4.78 is 5.47. The molecule has 2 aromatic heterocycles. The summed E-state index contributed by atoms with van der Waals surface area (Å²) in [7, 11) is 0. The van der Waals surface area contributed by atoms with Crippen molar-refractivity contribution in [3.05, 3.63) is 35.2 Å². The van der Waals surface area contributed by atoms with Crippen LogP contribution < -0.4 is 0 Å². The van der Waals surface area contributed by atoms with Gasteiger partial charge in [-0.1, -0.05) is 0 Å². The number of aromatic amines is 1. The first kappa shape index (κ1) is 9.09. The van der Waals surface area contributed by atoms with Crippen LogP contribution >= 0.6 is 0 Å². The van der Waals surface area contributed by atoms with Crippen molar-refractivity contribution in [2.75, 3.05) is 0 Å². The first-order chi connectivity index (χ1) is 6.70. The molecule has 0 aromatic carbocycles. The van der Waals surface area contributed by atoms with Crippen molar-refractivity contribution < 1.29 is 9.52 Å². The molecule has 0 atom stereocenters. The fourth-order valence-corrected chi connectivity index (χ4v) is 1.48. The molecule has 14 heavy (non-hydrogen) atoms. The highest BCUT2D eigenvalue weighted by atomic mass is 16.3. The molecule has 3 nitrogen and oxygen atoms in total. The number of aromatic nitrogens is 1. The highest BCUT2D eigenvalue weighted by Crippen LogP contribution is 2.23. The number of furan rings is 1. The van der Waals surface area contributed by atoms with Crippen molar-refractivity contribution in [1.82, 2.24) is 4.98 Å². The van der Waals surface area contributed by atoms with E-state index in [2.05, 4.69) is 4.98 Å². The largest absolute Gasteiger partial charge is 0.460 e. The van der Waals surface area contributed by atoms with E-state index in [9.17, 15) is 0 Å². The zero-order chi connectivity index (χ0) is 10.1. The van der Waals surface area contributed by atoms with Crippen LogP contribution in [0.1, 0.15) is 17.0 Å². The molecule has 2 aromatic rings. The van der Waals surface area contributed by atoms with Gasteiger partial charge in [-0.15, -0.1) is 0 Å². The SMILES string of the molecule is Cc1ccc(-c2cc(CO)c(C)[nH]2)o1. The lowest BCUT2D eigenvalue weighted by Gasteiger charge is -1.90. The number of aliphatic hydroxyl groups is 1. The van der Waals surface area contributed by atoms with Crippen LogP contribution in [-0.4, -0.2) is 10.1 Å². The van der Waals surface area contributed by atoms with Crippen LogP contribution in [0.5, 0.6) is 0 Å². The topological polar surface area (TPSA) is 49.2 Å². The van der Waals surface area contributed by atoms with Gasteiger partial charge in [0, 0.05) is 5.69 Å². The number of hydrogen-bond acceptors (Lipinski definition) is 2. The van der Waals surface area contributed by atoms with E-state index in [0.29, 0.717) is 0 Å². The Balaban J connectivity index is 2.42. The zero-order valence-electron chi connectivity index (χ0n) is 8.29. The van der Waals surface area contributed by atoms with Gasteiger partial charge >= 0.3 is 0 Å². The maximum atomic E-state index is 9.03. The molecule has 0 aliphatic heterocycles. The summed E-state index contributed by atoms with van der Waals surface area (Å²) in [6.07, 6.45) is 0. The highest BCUT2D eigenvalue weighted by molar-refractivity contribution is 5.55. The second-order valence-corrected chi connectivity index (χ2v) is 3.40. The smallest absolute Gasteiger partial charge is 0.150 e. The fourth-order valence-electron chi connectivity index (χ4n) is 1.48. The van der Waals surface area contributed by atoms with Crippen molar-refractivity contribution in [3.63, 3.8) is 0 Å². The van der Waals surface area contributed by atoms with Gasteiger partial charge in [-0.05, 0) is 37.6 Å². The van der Waals surface area contributed by atoms with Crippen LogP contribution in [0.25, 0.3) is 11.5 Å². The molecule has 2 rings (SSSR count). The average molecular weight is 191 g/mol. The normalized spacial score (nSPS) is 10.8. The van der Waals surface area contributed by atoms with Crippen LogP contribution in [0.4, 0.5) is 0 Å². The Morgan fingerprint density at radius 2 is 2.14 bits per heavy atom. The van der Waals surface area contributed by atoms with Crippen molar-refractivity contribution in [2.45, 2.75) is 20.5 Å². The first-order valence-corrected chi connectivity index (χ1v) is 4.57. The Morgan fingerprint density at radius 1 is 1.36 bits per heavy atom. The Morgan fingerprint density at radius 3 is 2.64 bits per heavy atom. The molecule has 0 radical (unpaired) electrons. The second kappa shape index (κ2) is 3.35. The molecular formula is C11H13NO2. The van der Waals surface area contributed by atoms with E-state index < -0.39 is 0 Å². The van der Waals surface area contributed by atoms with Gasteiger partial charge < -0.3 is 14.5 Å². The van der Waals surface area contributed by atoms with Gasteiger partial charge in [0.2, 0.25) is 0 Å². The Bertz CT molecular complexity index is 440. The molecule has 3 heteroatoms. The highest BCUT2D eigenvalue weighted by Gasteiger charge is 2.07. The number of hydrogen-bond donors (Lipinski definition) is 2. The van der Waals surface area contributed by atoms with E-state index in [1.165, 1.54) is 0 Å². The number of aryl methyl sites for hydroxylation is 2. The van der Waals surface area contributed by atoms with Crippen LogP contribution in [0.2, 0.25) is 0 Å². The number of H-pyrrole nitrogens is 1. The van der Waals surface area contributed by atoms with E-state index >= 15 is 0 Å².